The van der Waals surface area contributed by atoms with Crippen LogP contribution in [0.3, 0.4) is 0 Å². The maximum Gasteiger partial charge on any atom is 0.104 e. The second-order valence-electron chi connectivity index (χ2n) is 5.19. The molecule has 0 bridgehead atoms. The number of rotatable bonds is 9. The van der Waals surface area contributed by atoms with Gasteiger partial charge in [-0.15, -0.1) is 0 Å². The Balaban J connectivity index is 1.95. The smallest absolute Gasteiger partial charge is 0.104 e. The fourth-order valence-corrected chi connectivity index (χ4v) is 1.71. The minimum absolute atomic E-state index is 0.0398. The van der Waals surface area contributed by atoms with Gasteiger partial charge in [0.2, 0.25) is 0 Å². The summed E-state index contributed by atoms with van der Waals surface area (Å²) < 4.78 is 11.0. The van der Waals surface area contributed by atoms with E-state index in [1.807, 2.05) is 0 Å². The highest BCUT2D eigenvalue weighted by atomic mass is 16.6. The van der Waals surface area contributed by atoms with Gasteiger partial charge in [-0.1, -0.05) is 39.0 Å². The quantitative estimate of drug-likeness (QED) is 0.432. The van der Waals surface area contributed by atoms with Crippen LogP contribution in [0.1, 0.15) is 59.3 Å². The van der Waals surface area contributed by atoms with Crippen molar-refractivity contribution in [1.29, 1.82) is 0 Å². The number of ether oxygens (including phenoxy) is 2. The van der Waals surface area contributed by atoms with E-state index < -0.39 is 0 Å². The van der Waals surface area contributed by atoms with Crippen molar-refractivity contribution in [3.05, 3.63) is 0 Å². The van der Waals surface area contributed by atoms with Crippen LogP contribution >= 0.6 is 0 Å². The van der Waals surface area contributed by atoms with E-state index >= 15 is 0 Å². The summed E-state index contributed by atoms with van der Waals surface area (Å²) >= 11 is 0. The Bertz CT molecular complexity index is 162. The molecule has 2 heteroatoms. The van der Waals surface area contributed by atoms with Crippen LogP contribution < -0.4 is 0 Å². The summed E-state index contributed by atoms with van der Waals surface area (Å²) in [7, 11) is 0. The first-order valence-electron chi connectivity index (χ1n) is 6.39. The summed E-state index contributed by atoms with van der Waals surface area (Å²) in [4.78, 5) is 0. The van der Waals surface area contributed by atoms with Crippen LogP contribution in [-0.4, -0.2) is 24.9 Å². The minimum Gasteiger partial charge on any atom is -0.373 e. The summed E-state index contributed by atoms with van der Waals surface area (Å²) in [6.45, 7) is 8.31. The first-order valence-corrected chi connectivity index (χ1v) is 6.39. The van der Waals surface area contributed by atoms with Crippen molar-refractivity contribution < 1.29 is 9.47 Å². The van der Waals surface area contributed by atoms with Crippen molar-refractivity contribution in [2.24, 2.45) is 0 Å². The predicted octanol–water partition coefficient (Wildman–Crippen LogP) is 3.54. The Morgan fingerprint density at radius 3 is 2.47 bits per heavy atom. The third-order valence-corrected chi connectivity index (χ3v) is 2.94. The van der Waals surface area contributed by atoms with Gasteiger partial charge in [0.15, 0.2) is 0 Å². The number of epoxide rings is 1. The number of hydrogen-bond donors (Lipinski definition) is 0. The highest BCUT2D eigenvalue weighted by Gasteiger charge is 2.26. The van der Waals surface area contributed by atoms with Gasteiger partial charge >= 0.3 is 0 Å². The van der Waals surface area contributed by atoms with E-state index in [2.05, 4.69) is 20.8 Å². The van der Waals surface area contributed by atoms with Gasteiger partial charge in [0, 0.05) is 0 Å². The van der Waals surface area contributed by atoms with E-state index in [1.165, 1.54) is 38.5 Å². The van der Waals surface area contributed by atoms with Crippen molar-refractivity contribution in [1.82, 2.24) is 0 Å². The number of hydrogen-bond acceptors (Lipinski definition) is 2. The zero-order valence-electron chi connectivity index (χ0n) is 10.6. The SMILES string of the molecule is CCCCCCCC(C)(C)OCC1CO1. The maximum atomic E-state index is 5.83. The lowest BCUT2D eigenvalue weighted by Crippen LogP contribution is -2.26. The summed E-state index contributed by atoms with van der Waals surface area (Å²) in [6.07, 6.45) is 8.26. The van der Waals surface area contributed by atoms with Crippen LogP contribution in [0.15, 0.2) is 0 Å². The third-order valence-electron chi connectivity index (χ3n) is 2.94. The molecule has 0 radical (unpaired) electrons. The summed E-state index contributed by atoms with van der Waals surface area (Å²) in [5.41, 5.74) is 0.0398. The van der Waals surface area contributed by atoms with E-state index in [-0.39, 0.29) is 5.60 Å². The lowest BCUT2D eigenvalue weighted by molar-refractivity contribution is -0.0314. The fraction of sp³-hybridized carbons (Fsp3) is 1.00. The molecule has 0 spiro atoms. The molecule has 15 heavy (non-hydrogen) atoms. The van der Waals surface area contributed by atoms with E-state index in [0.29, 0.717) is 6.10 Å². The Morgan fingerprint density at radius 2 is 1.87 bits per heavy atom. The van der Waals surface area contributed by atoms with Gasteiger partial charge in [0.1, 0.15) is 6.10 Å². The standard InChI is InChI=1S/C13H26O2/c1-4-5-6-7-8-9-13(2,3)15-11-12-10-14-12/h12H,4-11H2,1-3H3. The molecule has 1 aliphatic rings. The average molecular weight is 214 g/mol. The molecule has 0 N–H and O–H groups in total. The molecule has 1 saturated heterocycles. The lowest BCUT2D eigenvalue weighted by Gasteiger charge is -2.25. The molecule has 0 aromatic carbocycles. The molecule has 0 aliphatic carbocycles. The van der Waals surface area contributed by atoms with Gasteiger partial charge in [-0.05, 0) is 20.3 Å². The van der Waals surface area contributed by atoms with Gasteiger partial charge in [-0.3, -0.25) is 0 Å². The summed E-state index contributed by atoms with van der Waals surface area (Å²) in [5.74, 6) is 0. The first kappa shape index (κ1) is 13.0. The lowest BCUT2D eigenvalue weighted by atomic mass is 9.99. The molecule has 2 nitrogen and oxygen atoms in total. The Labute approximate surface area is 94.3 Å². The topological polar surface area (TPSA) is 21.8 Å². The molecule has 0 saturated carbocycles. The van der Waals surface area contributed by atoms with Crippen LogP contribution in [0.4, 0.5) is 0 Å². The summed E-state index contributed by atoms with van der Waals surface area (Å²) in [5, 5.41) is 0. The van der Waals surface area contributed by atoms with Gasteiger partial charge in [0.25, 0.3) is 0 Å². The van der Waals surface area contributed by atoms with Crippen LogP contribution in [-0.2, 0) is 9.47 Å². The van der Waals surface area contributed by atoms with Crippen molar-refractivity contribution >= 4 is 0 Å². The van der Waals surface area contributed by atoms with Crippen molar-refractivity contribution in [2.45, 2.75) is 71.0 Å². The van der Waals surface area contributed by atoms with Gasteiger partial charge < -0.3 is 9.47 Å². The van der Waals surface area contributed by atoms with E-state index in [4.69, 9.17) is 9.47 Å². The Kier molecular flexibility index (Phi) is 5.62. The van der Waals surface area contributed by atoms with Crippen LogP contribution in [0.25, 0.3) is 0 Å². The zero-order chi connectivity index (χ0) is 11.1. The molecular formula is C13H26O2. The largest absolute Gasteiger partial charge is 0.373 e. The zero-order valence-corrected chi connectivity index (χ0v) is 10.6. The molecule has 1 fully saturated rings. The van der Waals surface area contributed by atoms with Gasteiger partial charge in [-0.2, -0.15) is 0 Å². The predicted molar refractivity (Wildman–Crippen MR) is 63.1 cm³/mol. The molecule has 0 aromatic heterocycles. The molecular weight excluding hydrogens is 188 g/mol. The monoisotopic (exact) mass is 214 g/mol. The van der Waals surface area contributed by atoms with E-state index in [0.717, 1.165) is 13.2 Å². The molecule has 1 atom stereocenters. The molecule has 1 aliphatic heterocycles. The number of unbranched alkanes of at least 4 members (excludes halogenated alkanes) is 4. The highest BCUT2D eigenvalue weighted by molar-refractivity contribution is 4.73. The van der Waals surface area contributed by atoms with Crippen LogP contribution in [0, 0.1) is 0 Å². The molecule has 0 amide bonds. The van der Waals surface area contributed by atoms with Crippen molar-refractivity contribution in [3.8, 4) is 0 Å². The Hall–Kier alpha value is -0.0800. The fourth-order valence-electron chi connectivity index (χ4n) is 1.71. The van der Waals surface area contributed by atoms with Crippen LogP contribution in [0.2, 0.25) is 0 Å². The first-order chi connectivity index (χ1) is 7.14. The average Bonchev–Trinajstić information content (AvgIpc) is 2.98. The van der Waals surface area contributed by atoms with Crippen molar-refractivity contribution in [2.75, 3.05) is 13.2 Å². The van der Waals surface area contributed by atoms with E-state index in [9.17, 15) is 0 Å². The van der Waals surface area contributed by atoms with Crippen molar-refractivity contribution in [3.63, 3.8) is 0 Å². The van der Waals surface area contributed by atoms with Gasteiger partial charge in [0.05, 0.1) is 18.8 Å². The molecule has 1 unspecified atom stereocenters. The second kappa shape index (κ2) is 6.49. The third kappa shape index (κ3) is 6.91. The molecule has 0 aromatic rings. The van der Waals surface area contributed by atoms with E-state index in [1.54, 1.807) is 0 Å². The summed E-state index contributed by atoms with van der Waals surface area (Å²) in [6, 6.07) is 0. The van der Waals surface area contributed by atoms with Gasteiger partial charge in [-0.25, -0.2) is 0 Å². The minimum atomic E-state index is 0.0398. The molecule has 90 valence electrons. The molecule has 1 rings (SSSR count). The highest BCUT2D eigenvalue weighted by Crippen LogP contribution is 2.21. The second-order valence-corrected chi connectivity index (χ2v) is 5.19. The maximum absolute atomic E-state index is 5.83. The molecule has 1 heterocycles. The Morgan fingerprint density at radius 1 is 1.20 bits per heavy atom. The normalized spacial score (nSPS) is 20.6. The van der Waals surface area contributed by atoms with Crippen LogP contribution in [0.5, 0.6) is 0 Å².